The molecule has 0 aliphatic carbocycles. The lowest BCUT2D eigenvalue weighted by atomic mass is 10.1. The number of aryl methyl sites for hydroxylation is 2. The van der Waals surface area contributed by atoms with Crippen LogP contribution in [0.5, 0.6) is 0 Å². The Kier molecular flexibility index (Phi) is 11.0. The maximum atomic E-state index is 5.74. The van der Waals surface area contributed by atoms with Gasteiger partial charge in [0.1, 0.15) is 0 Å². The van der Waals surface area contributed by atoms with E-state index < -0.39 is 0 Å². The molecular weight excluding hydrogens is 529 g/mol. The number of halogens is 1. The Morgan fingerprint density at radius 2 is 2.23 bits per heavy atom. The topological polar surface area (TPSA) is 61.8 Å². The molecule has 0 amide bonds. The van der Waals surface area contributed by atoms with Gasteiger partial charge < -0.3 is 15.4 Å². The molecule has 2 N–H and O–H groups in total. The largest absolute Gasteiger partial charge is 0.376 e. The van der Waals surface area contributed by atoms with E-state index in [1.54, 1.807) is 11.3 Å². The number of ether oxygens (including phenoxy) is 1. The minimum absolute atomic E-state index is 0. The highest BCUT2D eigenvalue weighted by molar-refractivity contribution is 14.0. The third kappa shape index (κ3) is 7.44. The van der Waals surface area contributed by atoms with E-state index in [9.17, 15) is 0 Å². The van der Waals surface area contributed by atoms with Crippen LogP contribution in [0.25, 0.3) is 0 Å². The maximum absolute atomic E-state index is 5.74. The highest BCUT2D eigenvalue weighted by Gasteiger charge is 2.26. The molecule has 9 heteroatoms. The first-order valence-electron chi connectivity index (χ1n) is 10.4. The van der Waals surface area contributed by atoms with Crippen molar-refractivity contribution in [2.24, 2.45) is 4.99 Å². The van der Waals surface area contributed by atoms with Crippen LogP contribution in [0.1, 0.15) is 40.3 Å². The first-order chi connectivity index (χ1) is 14.1. The summed E-state index contributed by atoms with van der Waals surface area (Å²) in [5, 5.41) is 10.2. The number of rotatable bonds is 8. The van der Waals surface area contributed by atoms with Crippen molar-refractivity contribution in [3.63, 3.8) is 0 Å². The summed E-state index contributed by atoms with van der Waals surface area (Å²) in [5.41, 5.74) is 1.14. The number of hydrogen-bond acceptors (Lipinski definition) is 6. The number of morpholine rings is 1. The molecule has 0 radical (unpaired) electrons. The first kappa shape index (κ1) is 25.5. The minimum atomic E-state index is 0. The highest BCUT2D eigenvalue weighted by Crippen LogP contribution is 2.27. The molecule has 168 valence electrons. The number of thiophene rings is 1. The molecule has 1 aliphatic heterocycles. The highest BCUT2D eigenvalue weighted by atomic mass is 127. The monoisotopic (exact) mass is 563 g/mol. The zero-order valence-corrected chi connectivity index (χ0v) is 22.3. The van der Waals surface area contributed by atoms with Gasteiger partial charge in [-0.05, 0) is 39.1 Å². The molecule has 2 atom stereocenters. The van der Waals surface area contributed by atoms with Crippen molar-refractivity contribution in [3.8, 4) is 0 Å². The zero-order chi connectivity index (χ0) is 20.6. The van der Waals surface area contributed by atoms with Crippen molar-refractivity contribution < 1.29 is 4.74 Å². The first-order valence-corrected chi connectivity index (χ1v) is 12.1. The van der Waals surface area contributed by atoms with Crippen molar-refractivity contribution in [1.29, 1.82) is 0 Å². The number of guanidine groups is 1. The molecule has 0 spiro atoms. The summed E-state index contributed by atoms with van der Waals surface area (Å²) in [5.74, 6) is 0.875. The zero-order valence-electron chi connectivity index (χ0n) is 18.3. The van der Waals surface area contributed by atoms with Gasteiger partial charge in [0.2, 0.25) is 0 Å². The molecule has 30 heavy (non-hydrogen) atoms. The number of nitrogens with zero attached hydrogens (tertiary/aromatic N) is 3. The average Bonchev–Trinajstić information content (AvgIpc) is 3.32. The van der Waals surface area contributed by atoms with Gasteiger partial charge in [-0.1, -0.05) is 6.07 Å². The lowest BCUT2D eigenvalue weighted by molar-refractivity contribution is -0.0327. The van der Waals surface area contributed by atoms with Crippen molar-refractivity contribution in [3.05, 3.63) is 38.0 Å². The van der Waals surface area contributed by atoms with Crippen LogP contribution in [0.2, 0.25) is 0 Å². The van der Waals surface area contributed by atoms with Crippen molar-refractivity contribution in [2.75, 3.05) is 39.3 Å². The number of nitrogens with one attached hydrogen (secondary N) is 2. The fourth-order valence-electron chi connectivity index (χ4n) is 3.45. The summed E-state index contributed by atoms with van der Waals surface area (Å²) in [6, 6.07) is 4.64. The SMILES string of the molecule is CCNC(=NCC(c1cccs1)N1CCOC(C)C1)NCCc1nc(C)c(C)s1.I. The maximum Gasteiger partial charge on any atom is 0.191 e. The Morgan fingerprint density at radius 1 is 1.40 bits per heavy atom. The fourth-order valence-corrected chi connectivity index (χ4v) is 5.23. The van der Waals surface area contributed by atoms with E-state index in [1.807, 2.05) is 11.3 Å². The van der Waals surface area contributed by atoms with Gasteiger partial charge >= 0.3 is 0 Å². The second-order valence-electron chi connectivity index (χ2n) is 7.35. The molecular formula is C21H34IN5OS2. The predicted octanol–water partition coefficient (Wildman–Crippen LogP) is 4.00. The van der Waals surface area contributed by atoms with Gasteiger partial charge in [0.25, 0.3) is 0 Å². The lowest BCUT2D eigenvalue weighted by Gasteiger charge is -2.36. The second kappa shape index (κ2) is 12.9. The van der Waals surface area contributed by atoms with Gasteiger partial charge in [-0.3, -0.25) is 9.89 Å². The summed E-state index contributed by atoms with van der Waals surface area (Å²) in [6.45, 7) is 13.6. The summed E-state index contributed by atoms with van der Waals surface area (Å²) < 4.78 is 5.74. The molecule has 2 aromatic heterocycles. The molecule has 0 aromatic carbocycles. The van der Waals surface area contributed by atoms with E-state index in [4.69, 9.17) is 9.73 Å². The van der Waals surface area contributed by atoms with Crippen molar-refractivity contribution in [2.45, 2.75) is 46.3 Å². The molecule has 3 heterocycles. The smallest absolute Gasteiger partial charge is 0.191 e. The van der Waals surface area contributed by atoms with E-state index in [0.29, 0.717) is 6.04 Å². The van der Waals surface area contributed by atoms with Crippen molar-refractivity contribution in [1.82, 2.24) is 20.5 Å². The summed E-state index contributed by atoms with van der Waals surface area (Å²) >= 11 is 3.60. The second-order valence-corrected chi connectivity index (χ2v) is 9.62. The standard InChI is InChI=1S/C21H33N5OS2.HI/c1-5-22-21(23-9-8-20-25-16(3)17(4)29-20)24-13-18(19-7-6-12-28-19)26-10-11-27-15(2)14-26;/h6-7,12,15,18H,5,8-11,13-14H2,1-4H3,(H2,22,23,24);1H. The quantitative estimate of drug-likeness (QED) is 0.289. The Bertz CT molecular complexity index is 761. The lowest BCUT2D eigenvalue weighted by Crippen LogP contribution is -2.44. The number of aromatic nitrogens is 1. The van der Waals surface area contributed by atoms with E-state index in [-0.39, 0.29) is 30.1 Å². The molecule has 6 nitrogen and oxygen atoms in total. The van der Waals surface area contributed by atoms with Gasteiger partial charge in [-0.25, -0.2) is 4.98 Å². The average molecular weight is 564 g/mol. The molecule has 0 saturated carbocycles. The third-order valence-electron chi connectivity index (χ3n) is 5.06. The number of aliphatic imine (C=N–C) groups is 1. The van der Waals surface area contributed by atoms with Gasteiger partial charge in [-0.2, -0.15) is 0 Å². The molecule has 1 aliphatic rings. The van der Waals surface area contributed by atoms with E-state index in [2.05, 4.69) is 65.7 Å². The Balaban J connectivity index is 0.00000320. The van der Waals surface area contributed by atoms with Crippen LogP contribution in [0.15, 0.2) is 22.5 Å². The fraction of sp³-hybridized carbons (Fsp3) is 0.619. The predicted molar refractivity (Wildman–Crippen MR) is 139 cm³/mol. The normalized spacial score (nSPS) is 18.7. The van der Waals surface area contributed by atoms with Crippen LogP contribution in [0, 0.1) is 13.8 Å². The third-order valence-corrected chi connectivity index (χ3v) is 7.16. The summed E-state index contributed by atoms with van der Waals surface area (Å²) in [7, 11) is 0. The number of thiazole rings is 1. The van der Waals surface area contributed by atoms with Crippen LogP contribution in [0.3, 0.4) is 0 Å². The Morgan fingerprint density at radius 3 is 2.87 bits per heavy atom. The van der Waals surface area contributed by atoms with Gasteiger partial charge in [0.15, 0.2) is 5.96 Å². The molecule has 1 saturated heterocycles. The Hall–Kier alpha value is -0.750. The van der Waals surface area contributed by atoms with Gasteiger partial charge in [0, 0.05) is 42.4 Å². The van der Waals surface area contributed by atoms with Gasteiger partial charge in [-0.15, -0.1) is 46.7 Å². The Labute approximate surface area is 205 Å². The van der Waals surface area contributed by atoms with Crippen LogP contribution in [0.4, 0.5) is 0 Å². The minimum Gasteiger partial charge on any atom is -0.376 e. The molecule has 1 fully saturated rings. The summed E-state index contributed by atoms with van der Waals surface area (Å²) in [6.07, 6.45) is 1.19. The van der Waals surface area contributed by atoms with Crippen molar-refractivity contribution >= 4 is 52.6 Å². The van der Waals surface area contributed by atoms with Crippen LogP contribution >= 0.6 is 46.7 Å². The van der Waals surface area contributed by atoms with Crippen LogP contribution < -0.4 is 10.6 Å². The van der Waals surface area contributed by atoms with Crippen LogP contribution in [-0.2, 0) is 11.2 Å². The molecule has 2 aromatic rings. The summed E-state index contributed by atoms with van der Waals surface area (Å²) in [4.78, 5) is 14.7. The van der Waals surface area contributed by atoms with E-state index >= 15 is 0 Å². The van der Waals surface area contributed by atoms with E-state index in [0.717, 1.165) is 57.4 Å². The number of hydrogen-bond donors (Lipinski definition) is 2. The molecule has 0 bridgehead atoms. The van der Waals surface area contributed by atoms with Gasteiger partial charge in [0.05, 0.1) is 36.0 Å². The molecule has 3 rings (SSSR count). The van der Waals surface area contributed by atoms with Crippen LogP contribution in [-0.4, -0.2) is 61.3 Å². The molecule has 2 unspecified atom stereocenters. The van der Waals surface area contributed by atoms with E-state index in [1.165, 1.54) is 14.8 Å².